The molecule has 3 nitrogen and oxygen atoms in total. The first-order valence-corrected chi connectivity index (χ1v) is 4.60. The van der Waals surface area contributed by atoms with E-state index in [1.165, 1.54) is 0 Å². The molecule has 0 aliphatic heterocycles. The lowest BCUT2D eigenvalue weighted by molar-refractivity contribution is 0.132. The van der Waals surface area contributed by atoms with Crippen LogP contribution in [0.4, 0.5) is 14.5 Å². The Morgan fingerprint density at radius 1 is 1.43 bits per heavy atom. The Morgan fingerprint density at radius 2 is 2.07 bits per heavy atom. The van der Waals surface area contributed by atoms with Gasteiger partial charge in [-0.3, -0.25) is 4.68 Å². The summed E-state index contributed by atoms with van der Waals surface area (Å²) in [4.78, 5) is 0. The third-order valence-corrected chi connectivity index (χ3v) is 2.23. The Balaban J connectivity index is 2.55. The minimum Gasteiger partial charge on any atom is -0.396 e. The van der Waals surface area contributed by atoms with Gasteiger partial charge in [0.15, 0.2) is 0 Å². The van der Waals surface area contributed by atoms with Gasteiger partial charge in [0.1, 0.15) is 0 Å². The highest BCUT2D eigenvalue weighted by atomic mass is 19.3. The molecule has 0 spiro atoms. The van der Waals surface area contributed by atoms with Crippen LogP contribution in [0.2, 0.25) is 0 Å². The van der Waals surface area contributed by atoms with E-state index in [4.69, 9.17) is 5.73 Å². The van der Waals surface area contributed by atoms with Crippen molar-refractivity contribution in [3.05, 3.63) is 11.4 Å². The molecule has 0 saturated carbocycles. The molecule has 5 heteroatoms. The number of nitrogen functional groups attached to an aromatic ring is 1. The number of hydrogen-bond acceptors (Lipinski definition) is 2. The van der Waals surface area contributed by atoms with Crippen LogP contribution in [-0.2, 0) is 6.54 Å². The average Bonchev–Trinajstić information content (AvgIpc) is 2.33. The first-order chi connectivity index (χ1) is 6.52. The molecule has 0 aliphatic carbocycles. The molecule has 0 atom stereocenters. The zero-order valence-corrected chi connectivity index (χ0v) is 8.43. The Kier molecular flexibility index (Phi) is 3.43. The molecule has 0 amide bonds. The van der Waals surface area contributed by atoms with Gasteiger partial charge in [0.2, 0.25) is 6.43 Å². The Hall–Kier alpha value is -1.13. The number of anilines is 1. The van der Waals surface area contributed by atoms with Gasteiger partial charge in [-0.2, -0.15) is 5.10 Å². The Morgan fingerprint density at radius 3 is 2.50 bits per heavy atom. The number of aryl methyl sites for hydroxylation is 2. The molecule has 0 fully saturated rings. The van der Waals surface area contributed by atoms with Crippen molar-refractivity contribution in [1.82, 2.24) is 9.78 Å². The van der Waals surface area contributed by atoms with Crippen molar-refractivity contribution >= 4 is 5.69 Å². The molecular weight excluding hydrogens is 188 g/mol. The molecule has 1 aromatic rings. The molecular formula is C9H15F2N3. The van der Waals surface area contributed by atoms with Crippen LogP contribution in [0.25, 0.3) is 0 Å². The molecule has 2 N–H and O–H groups in total. The fourth-order valence-corrected chi connectivity index (χ4v) is 1.32. The second-order valence-corrected chi connectivity index (χ2v) is 3.34. The second-order valence-electron chi connectivity index (χ2n) is 3.34. The van der Waals surface area contributed by atoms with Crippen LogP contribution in [0.15, 0.2) is 0 Å². The van der Waals surface area contributed by atoms with Crippen molar-refractivity contribution in [3.63, 3.8) is 0 Å². The van der Waals surface area contributed by atoms with Gasteiger partial charge in [0, 0.05) is 13.0 Å². The second kappa shape index (κ2) is 4.39. The van der Waals surface area contributed by atoms with Gasteiger partial charge in [-0.1, -0.05) is 0 Å². The van der Waals surface area contributed by atoms with E-state index in [0.717, 1.165) is 11.4 Å². The number of hydrogen-bond donors (Lipinski definition) is 1. The summed E-state index contributed by atoms with van der Waals surface area (Å²) < 4.78 is 25.4. The highest BCUT2D eigenvalue weighted by Gasteiger charge is 2.08. The van der Waals surface area contributed by atoms with Crippen molar-refractivity contribution < 1.29 is 8.78 Å². The molecule has 80 valence electrons. The van der Waals surface area contributed by atoms with Crippen LogP contribution in [0.3, 0.4) is 0 Å². The van der Waals surface area contributed by atoms with Crippen LogP contribution in [0.1, 0.15) is 24.2 Å². The molecule has 0 saturated heterocycles. The molecule has 0 aromatic carbocycles. The Labute approximate surface area is 81.9 Å². The molecule has 0 aliphatic rings. The van der Waals surface area contributed by atoms with Crippen molar-refractivity contribution in [2.75, 3.05) is 5.73 Å². The topological polar surface area (TPSA) is 43.8 Å². The third kappa shape index (κ3) is 2.43. The van der Waals surface area contributed by atoms with Crippen LogP contribution < -0.4 is 5.73 Å². The zero-order valence-electron chi connectivity index (χ0n) is 8.43. The van der Waals surface area contributed by atoms with Gasteiger partial charge >= 0.3 is 0 Å². The number of aromatic nitrogens is 2. The number of alkyl halides is 2. The molecule has 0 bridgehead atoms. The molecule has 1 heterocycles. The molecule has 1 rings (SSSR count). The van der Waals surface area contributed by atoms with E-state index in [9.17, 15) is 8.78 Å². The first-order valence-electron chi connectivity index (χ1n) is 4.60. The van der Waals surface area contributed by atoms with Crippen LogP contribution in [0.5, 0.6) is 0 Å². The maximum absolute atomic E-state index is 11.9. The molecule has 0 radical (unpaired) electrons. The quantitative estimate of drug-likeness (QED) is 0.814. The largest absolute Gasteiger partial charge is 0.396 e. The molecule has 14 heavy (non-hydrogen) atoms. The lowest BCUT2D eigenvalue weighted by Crippen LogP contribution is -2.04. The van der Waals surface area contributed by atoms with Gasteiger partial charge in [-0.05, 0) is 20.3 Å². The van der Waals surface area contributed by atoms with Gasteiger partial charge in [-0.15, -0.1) is 0 Å². The highest BCUT2D eigenvalue weighted by Crippen LogP contribution is 2.15. The monoisotopic (exact) mass is 203 g/mol. The summed E-state index contributed by atoms with van der Waals surface area (Å²) in [5.41, 5.74) is 7.98. The fourth-order valence-electron chi connectivity index (χ4n) is 1.32. The van der Waals surface area contributed by atoms with E-state index in [-0.39, 0.29) is 6.42 Å². The normalized spacial score (nSPS) is 11.2. The standard InChI is InChI=1S/C9H15F2N3/c1-6-9(12)7(2)14(13-6)5-3-4-8(10)11/h8H,3-5,12H2,1-2H3. The SMILES string of the molecule is Cc1nn(CCCC(F)F)c(C)c1N. The summed E-state index contributed by atoms with van der Waals surface area (Å²) in [6.45, 7) is 4.16. The lowest BCUT2D eigenvalue weighted by Gasteiger charge is -2.03. The number of nitrogens with two attached hydrogens (primary N) is 1. The van der Waals surface area contributed by atoms with Crippen LogP contribution in [-0.4, -0.2) is 16.2 Å². The van der Waals surface area contributed by atoms with Gasteiger partial charge in [0.05, 0.1) is 17.1 Å². The Bertz CT molecular complexity index is 307. The fraction of sp³-hybridized carbons (Fsp3) is 0.667. The van der Waals surface area contributed by atoms with E-state index < -0.39 is 6.43 Å². The maximum Gasteiger partial charge on any atom is 0.238 e. The van der Waals surface area contributed by atoms with Crippen molar-refractivity contribution in [1.29, 1.82) is 0 Å². The minimum atomic E-state index is -2.23. The van der Waals surface area contributed by atoms with Crippen LogP contribution in [0, 0.1) is 13.8 Å². The van der Waals surface area contributed by atoms with E-state index in [1.54, 1.807) is 4.68 Å². The summed E-state index contributed by atoms with van der Waals surface area (Å²) in [7, 11) is 0. The summed E-state index contributed by atoms with van der Waals surface area (Å²) in [5.74, 6) is 0. The van der Waals surface area contributed by atoms with Gasteiger partial charge in [-0.25, -0.2) is 8.78 Å². The minimum absolute atomic E-state index is 0.0851. The highest BCUT2D eigenvalue weighted by molar-refractivity contribution is 5.46. The average molecular weight is 203 g/mol. The zero-order chi connectivity index (χ0) is 10.7. The summed E-state index contributed by atoms with van der Waals surface area (Å²) in [6.07, 6.45) is -1.89. The smallest absolute Gasteiger partial charge is 0.238 e. The van der Waals surface area contributed by atoms with Crippen LogP contribution >= 0.6 is 0 Å². The predicted molar refractivity (Wildman–Crippen MR) is 51.4 cm³/mol. The summed E-state index contributed by atoms with van der Waals surface area (Å²) >= 11 is 0. The van der Waals surface area contributed by atoms with Gasteiger partial charge < -0.3 is 5.73 Å². The number of rotatable bonds is 4. The third-order valence-electron chi connectivity index (χ3n) is 2.23. The van der Waals surface area contributed by atoms with Gasteiger partial charge in [0.25, 0.3) is 0 Å². The predicted octanol–water partition coefficient (Wildman–Crippen LogP) is 2.13. The number of halogens is 2. The van der Waals surface area contributed by atoms with Crippen molar-refractivity contribution in [2.24, 2.45) is 0 Å². The van der Waals surface area contributed by atoms with E-state index >= 15 is 0 Å². The summed E-state index contributed by atoms with van der Waals surface area (Å²) in [5, 5.41) is 4.15. The molecule has 1 aromatic heterocycles. The van der Waals surface area contributed by atoms with Crippen molar-refractivity contribution in [3.8, 4) is 0 Å². The van der Waals surface area contributed by atoms with E-state index in [1.807, 2.05) is 13.8 Å². The summed E-state index contributed by atoms with van der Waals surface area (Å²) in [6, 6.07) is 0. The van der Waals surface area contributed by atoms with E-state index in [0.29, 0.717) is 18.7 Å². The number of nitrogens with zero attached hydrogens (tertiary/aromatic N) is 2. The van der Waals surface area contributed by atoms with Crippen molar-refractivity contribution in [2.45, 2.75) is 39.7 Å². The lowest BCUT2D eigenvalue weighted by atomic mass is 10.3. The first kappa shape index (κ1) is 10.9. The molecule has 0 unspecified atom stereocenters. The maximum atomic E-state index is 11.9. The van der Waals surface area contributed by atoms with E-state index in [2.05, 4.69) is 5.10 Å².